The van der Waals surface area contributed by atoms with Crippen molar-refractivity contribution in [3.63, 3.8) is 0 Å². The fourth-order valence-electron chi connectivity index (χ4n) is 4.53. The van der Waals surface area contributed by atoms with E-state index in [1.54, 1.807) is 0 Å². The Morgan fingerprint density at radius 1 is 0.500 bits per heavy atom. The van der Waals surface area contributed by atoms with Gasteiger partial charge in [0.15, 0.2) is 0 Å². The number of rotatable bonds is 3. The summed E-state index contributed by atoms with van der Waals surface area (Å²) in [6.07, 6.45) is 0. The SMILES string of the molecule is IC1=C(c2ccccc2)C(c2ccccc2)(c2ccccc2)c2ccccc21. The van der Waals surface area contributed by atoms with Gasteiger partial charge in [-0.3, -0.25) is 0 Å². The van der Waals surface area contributed by atoms with E-state index in [1.165, 1.54) is 37.0 Å². The average Bonchev–Trinajstić information content (AvgIpc) is 3.05. The molecule has 0 heterocycles. The molecule has 0 aromatic heterocycles. The van der Waals surface area contributed by atoms with Crippen molar-refractivity contribution in [2.45, 2.75) is 5.41 Å². The van der Waals surface area contributed by atoms with Gasteiger partial charge in [0.25, 0.3) is 0 Å². The van der Waals surface area contributed by atoms with Gasteiger partial charge in [-0.1, -0.05) is 115 Å². The molecular formula is C27H19I. The second-order valence-electron chi connectivity index (χ2n) is 7.08. The monoisotopic (exact) mass is 470 g/mol. The number of allylic oxidation sites excluding steroid dienone is 1. The number of hydrogen-bond donors (Lipinski definition) is 0. The summed E-state index contributed by atoms with van der Waals surface area (Å²) in [6, 6.07) is 41.5. The lowest BCUT2D eigenvalue weighted by Crippen LogP contribution is -2.29. The molecule has 0 radical (unpaired) electrons. The van der Waals surface area contributed by atoms with Crippen LogP contribution < -0.4 is 0 Å². The Kier molecular flexibility index (Phi) is 4.40. The van der Waals surface area contributed by atoms with Gasteiger partial charge in [0, 0.05) is 3.58 Å². The zero-order valence-corrected chi connectivity index (χ0v) is 17.5. The largest absolute Gasteiger partial charge is 0.0724 e. The minimum atomic E-state index is -0.322. The van der Waals surface area contributed by atoms with Crippen LogP contribution in [0, 0.1) is 0 Å². The highest BCUT2D eigenvalue weighted by molar-refractivity contribution is 14.1. The van der Waals surface area contributed by atoms with Crippen molar-refractivity contribution < 1.29 is 0 Å². The first-order chi connectivity index (χ1) is 13.8. The summed E-state index contributed by atoms with van der Waals surface area (Å²) in [5.74, 6) is 0. The summed E-state index contributed by atoms with van der Waals surface area (Å²) in [6.45, 7) is 0. The molecule has 0 fully saturated rings. The van der Waals surface area contributed by atoms with Gasteiger partial charge in [-0.25, -0.2) is 0 Å². The van der Waals surface area contributed by atoms with Crippen LogP contribution in [-0.4, -0.2) is 0 Å². The maximum atomic E-state index is 2.55. The molecule has 0 spiro atoms. The van der Waals surface area contributed by atoms with Gasteiger partial charge in [-0.2, -0.15) is 0 Å². The third-order valence-electron chi connectivity index (χ3n) is 5.64. The van der Waals surface area contributed by atoms with E-state index in [-0.39, 0.29) is 5.41 Å². The zero-order chi connectivity index (χ0) is 19.0. The maximum Gasteiger partial charge on any atom is 0.0724 e. The minimum Gasteiger partial charge on any atom is -0.0622 e. The molecule has 0 saturated carbocycles. The lowest BCUT2D eigenvalue weighted by Gasteiger charge is -2.36. The van der Waals surface area contributed by atoms with Crippen LogP contribution in [0.3, 0.4) is 0 Å². The van der Waals surface area contributed by atoms with Gasteiger partial charge < -0.3 is 0 Å². The lowest BCUT2D eigenvalue weighted by molar-refractivity contribution is 0.814. The second kappa shape index (κ2) is 7.06. The molecule has 4 aromatic carbocycles. The van der Waals surface area contributed by atoms with Gasteiger partial charge in [0.2, 0.25) is 0 Å². The molecule has 0 atom stereocenters. The van der Waals surface area contributed by atoms with Gasteiger partial charge in [-0.15, -0.1) is 0 Å². The minimum absolute atomic E-state index is 0.322. The molecule has 134 valence electrons. The average molecular weight is 470 g/mol. The summed E-state index contributed by atoms with van der Waals surface area (Å²) in [5.41, 5.74) is 7.61. The smallest absolute Gasteiger partial charge is 0.0622 e. The van der Waals surface area contributed by atoms with Gasteiger partial charge >= 0.3 is 0 Å². The number of benzene rings is 4. The quantitative estimate of drug-likeness (QED) is 0.275. The normalized spacial score (nSPS) is 14.8. The highest BCUT2D eigenvalue weighted by Gasteiger charge is 2.47. The van der Waals surface area contributed by atoms with Crippen LogP contribution in [0.15, 0.2) is 115 Å². The highest BCUT2D eigenvalue weighted by atomic mass is 127. The maximum absolute atomic E-state index is 2.55. The number of halogens is 1. The second-order valence-corrected chi connectivity index (χ2v) is 8.16. The Hall–Kier alpha value is -2.65. The van der Waals surface area contributed by atoms with Crippen molar-refractivity contribution in [3.05, 3.63) is 143 Å². The van der Waals surface area contributed by atoms with Crippen molar-refractivity contribution in [3.8, 4) is 0 Å². The van der Waals surface area contributed by atoms with E-state index in [9.17, 15) is 0 Å². The van der Waals surface area contributed by atoms with Crippen LogP contribution in [0.2, 0.25) is 0 Å². The predicted molar refractivity (Wildman–Crippen MR) is 126 cm³/mol. The molecule has 0 nitrogen and oxygen atoms in total. The Balaban J connectivity index is 1.96. The van der Waals surface area contributed by atoms with Crippen molar-refractivity contribution in [2.75, 3.05) is 0 Å². The molecule has 0 amide bonds. The van der Waals surface area contributed by atoms with Crippen LogP contribution >= 0.6 is 22.6 Å². The molecule has 0 bridgehead atoms. The van der Waals surface area contributed by atoms with E-state index in [1.807, 2.05) is 0 Å². The van der Waals surface area contributed by atoms with Gasteiger partial charge in [0.1, 0.15) is 0 Å². The molecule has 0 N–H and O–H groups in total. The van der Waals surface area contributed by atoms with Crippen molar-refractivity contribution in [1.82, 2.24) is 0 Å². The van der Waals surface area contributed by atoms with Gasteiger partial charge in [-0.05, 0) is 56.0 Å². The van der Waals surface area contributed by atoms with Crippen LogP contribution in [0.1, 0.15) is 27.8 Å². The Labute approximate surface area is 179 Å². The lowest BCUT2D eigenvalue weighted by atomic mass is 9.65. The first-order valence-electron chi connectivity index (χ1n) is 9.50. The van der Waals surface area contributed by atoms with Gasteiger partial charge in [0.05, 0.1) is 5.41 Å². The predicted octanol–water partition coefficient (Wildman–Crippen LogP) is 7.34. The fraction of sp³-hybridized carbons (Fsp3) is 0.0370. The fourth-order valence-corrected chi connectivity index (χ4v) is 5.71. The van der Waals surface area contributed by atoms with E-state index in [0.29, 0.717) is 0 Å². The van der Waals surface area contributed by atoms with Crippen LogP contribution in [-0.2, 0) is 5.41 Å². The Morgan fingerprint density at radius 3 is 1.54 bits per heavy atom. The van der Waals surface area contributed by atoms with Crippen LogP contribution in [0.4, 0.5) is 0 Å². The number of fused-ring (bicyclic) bond motifs is 1. The van der Waals surface area contributed by atoms with Crippen molar-refractivity contribution in [1.29, 1.82) is 0 Å². The molecular weight excluding hydrogens is 451 g/mol. The zero-order valence-electron chi connectivity index (χ0n) is 15.3. The Morgan fingerprint density at radius 2 is 0.964 bits per heavy atom. The first-order valence-corrected chi connectivity index (χ1v) is 10.6. The number of hydrogen-bond acceptors (Lipinski definition) is 0. The molecule has 4 aromatic rings. The third kappa shape index (κ3) is 2.50. The standard InChI is InChI=1S/C27H19I/c28-26-23-18-10-11-19-24(23)27(21-14-6-2-7-15-21,22-16-8-3-9-17-22)25(26)20-12-4-1-5-13-20/h1-19H. The molecule has 1 aliphatic rings. The summed E-state index contributed by atoms with van der Waals surface area (Å²) in [7, 11) is 0. The van der Waals surface area contributed by atoms with E-state index < -0.39 is 0 Å². The molecule has 1 heteroatoms. The van der Waals surface area contributed by atoms with Crippen LogP contribution in [0.5, 0.6) is 0 Å². The first kappa shape index (κ1) is 17.4. The molecule has 0 unspecified atom stereocenters. The van der Waals surface area contributed by atoms with E-state index in [0.717, 1.165) is 0 Å². The summed E-state index contributed by atoms with van der Waals surface area (Å²) >= 11 is 2.55. The van der Waals surface area contributed by atoms with Crippen molar-refractivity contribution in [2.24, 2.45) is 0 Å². The Bertz CT molecular complexity index is 1100. The van der Waals surface area contributed by atoms with E-state index in [4.69, 9.17) is 0 Å². The highest BCUT2D eigenvalue weighted by Crippen LogP contribution is 2.59. The summed E-state index contributed by atoms with van der Waals surface area (Å²) < 4.78 is 1.33. The molecule has 1 aliphatic carbocycles. The molecule has 0 saturated heterocycles. The van der Waals surface area contributed by atoms with E-state index >= 15 is 0 Å². The summed E-state index contributed by atoms with van der Waals surface area (Å²) in [4.78, 5) is 0. The summed E-state index contributed by atoms with van der Waals surface area (Å²) in [5, 5.41) is 0. The van der Waals surface area contributed by atoms with Crippen LogP contribution in [0.25, 0.3) is 9.15 Å². The third-order valence-corrected chi connectivity index (χ3v) is 6.76. The topological polar surface area (TPSA) is 0 Å². The van der Waals surface area contributed by atoms with E-state index in [2.05, 4.69) is 138 Å². The molecule has 5 rings (SSSR count). The molecule has 0 aliphatic heterocycles. The van der Waals surface area contributed by atoms with Crippen molar-refractivity contribution >= 4 is 31.7 Å². The molecule has 28 heavy (non-hydrogen) atoms.